The highest BCUT2D eigenvalue weighted by atomic mass is 16.5. The van der Waals surface area contributed by atoms with Crippen LogP contribution in [-0.2, 0) is 4.74 Å². The second-order valence-corrected chi connectivity index (χ2v) is 4.34. The Morgan fingerprint density at radius 2 is 1.80 bits per heavy atom. The molecule has 0 saturated carbocycles. The number of ether oxygens (including phenoxy) is 1. The molecule has 0 radical (unpaired) electrons. The van der Waals surface area contributed by atoms with Crippen molar-refractivity contribution in [1.29, 1.82) is 0 Å². The van der Waals surface area contributed by atoms with E-state index in [-0.39, 0.29) is 13.2 Å². The van der Waals surface area contributed by atoms with Gasteiger partial charge in [-0.25, -0.2) is 0 Å². The van der Waals surface area contributed by atoms with Gasteiger partial charge in [0.05, 0.1) is 26.4 Å². The summed E-state index contributed by atoms with van der Waals surface area (Å²) in [5.41, 5.74) is 0. The number of rotatable bonds is 7. The largest absolute Gasteiger partial charge is 0.395 e. The van der Waals surface area contributed by atoms with Gasteiger partial charge in [-0.3, -0.25) is 0 Å². The van der Waals surface area contributed by atoms with Gasteiger partial charge in [-0.15, -0.1) is 0 Å². The number of anilines is 3. The van der Waals surface area contributed by atoms with Crippen molar-refractivity contribution in [2.45, 2.75) is 0 Å². The average molecular weight is 283 g/mol. The summed E-state index contributed by atoms with van der Waals surface area (Å²) in [6, 6.07) is 1.85. The lowest BCUT2D eigenvalue weighted by Crippen LogP contribution is -2.37. The molecule has 0 spiro atoms. The maximum atomic E-state index is 8.87. The lowest BCUT2D eigenvalue weighted by atomic mass is 10.4. The number of hydrogen-bond donors (Lipinski definition) is 4. The molecule has 1 aromatic rings. The lowest BCUT2D eigenvalue weighted by Gasteiger charge is -2.28. The molecular weight excluding hydrogens is 262 g/mol. The molecule has 1 aliphatic rings. The van der Waals surface area contributed by atoms with Crippen molar-refractivity contribution < 1.29 is 14.9 Å². The number of aliphatic hydroxyl groups excluding tert-OH is 2. The van der Waals surface area contributed by atoms with Crippen LogP contribution in [0, 0.1) is 0 Å². The van der Waals surface area contributed by atoms with E-state index in [2.05, 4.69) is 25.5 Å². The fourth-order valence-electron chi connectivity index (χ4n) is 1.91. The van der Waals surface area contributed by atoms with Crippen LogP contribution >= 0.6 is 0 Å². The third kappa shape index (κ3) is 4.19. The highest BCUT2D eigenvalue weighted by molar-refractivity contribution is 5.53. The van der Waals surface area contributed by atoms with Crippen LogP contribution < -0.4 is 15.5 Å². The first-order chi connectivity index (χ1) is 9.83. The van der Waals surface area contributed by atoms with Crippen LogP contribution in [0.3, 0.4) is 0 Å². The van der Waals surface area contributed by atoms with Gasteiger partial charge in [0.1, 0.15) is 11.6 Å². The minimum Gasteiger partial charge on any atom is -0.395 e. The molecule has 0 aliphatic carbocycles. The van der Waals surface area contributed by atoms with Crippen molar-refractivity contribution >= 4 is 17.6 Å². The van der Waals surface area contributed by atoms with Gasteiger partial charge < -0.3 is 30.5 Å². The lowest BCUT2D eigenvalue weighted by molar-refractivity contribution is 0.122. The van der Waals surface area contributed by atoms with Crippen molar-refractivity contribution in [3.05, 3.63) is 6.07 Å². The quantitative estimate of drug-likeness (QED) is 0.512. The Kier molecular flexibility index (Phi) is 5.78. The van der Waals surface area contributed by atoms with Crippen molar-refractivity contribution in [3.8, 4) is 0 Å². The SMILES string of the molecule is OCCNc1cc(N2CCOCC2)nc(NCCO)n1. The van der Waals surface area contributed by atoms with Crippen LogP contribution in [-0.4, -0.2) is 72.8 Å². The first kappa shape index (κ1) is 14.8. The average Bonchev–Trinajstić information content (AvgIpc) is 2.51. The van der Waals surface area contributed by atoms with Gasteiger partial charge in [0.15, 0.2) is 0 Å². The maximum absolute atomic E-state index is 8.87. The predicted molar refractivity (Wildman–Crippen MR) is 76.2 cm³/mol. The van der Waals surface area contributed by atoms with Gasteiger partial charge in [0, 0.05) is 32.2 Å². The molecule has 1 fully saturated rings. The van der Waals surface area contributed by atoms with Crippen LogP contribution in [0.2, 0.25) is 0 Å². The summed E-state index contributed by atoms with van der Waals surface area (Å²) in [6.07, 6.45) is 0. The Labute approximate surface area is 117 Å². The van der Waals surface area contributed by atoms with Crippen molar-refractivity contribution in [1.82, 2.24) is 9.97 Å². The molecule has 0 amide bonds. The van der Waals surface area contributed by atoms with E-state index in [9.17, 15) is 0 Å². The van der Waals surface area contributed by atoms with Crippen molar-refractivity contribution in [2.24, 2.45) is 0 Å². The van der Waals surface area contributed by atoms with Gasteiger partial charge in [0.25, 0.3) is 0 Å². The third-order valence-electron chi connectivity index (χ3n) is 2.86. The number of nitrogens with zero attached hydrogens (tertiary/aromatic N) is 3. The molecule has 0 unspecified atom stereocenters. The summed E-state index contributed by atoms with van der Waals surface area (Å²) >= 11 is 0. The van der Waals surface area contributed by atoms with Crippen molar-refractivity contribution in [2.75, 3.05) is 68.1 Å². The molecular formula is C12H21N5O3. The molecule has 2 rings (SSSR count). The monoisotopic (exact) mass is 283 g/mol. The van der Waals surface area contributed by atoms with Crippen LogP contribution in [0.1, 0.15) is 0 Å². The molecule has 4 N–H and O–H groups in total. The highest BCUT2D eigenvalue weighted by Crippen LogP contribution is 2.19. The van der Waals surface area contributed by atoms with Crippen LogP contribution in [0.5, 0.6) is 0 Å². The van der Waals surface area contributed by atoms with Gasteiger partial charge in [-0.2, -0.15) is 9.97 Å². The Bertz CT molecular complexity index is 386. The van der Waals surface area contributed by atoms with E-state index in [1.54, 1.807) is 0 Å². The summed E-state index contributed by atoms with van der Waals surface area (Å²) in [5.74, 6) is 1.92. The number of nitrogens with one attached hydrogen (secondary N) is 2. The number of morpholine rings is 1. The normalized spacial score (nSPS) is 15.2. The summed E-state index contributed by atoms with van der Waals surface area (Å²) in [7, 11) is 0. The number of aliphatic hydroxyl groups is 2. The number of aromatic nitrogens is 2. The summed E-state index contributed by atoms with van der Waals surface area (Å²) in [5, 5.41) is 23.7. The van der Waals surface area contributed by atoms with E-state index in [0.717, 1.165) is 18.9 Å². The Morgan fingerprint density at radius 1 is 1.10 bits per heavy atom. The Hall–Kier alpha value is -1.64. The van der Waals surface area contributed by atoms with Crippen LogP contribution in [0.15, 0.2) is 6.07 Å². The predicted octanol–water partition coefficient (Wildman–Crippen LogP) is -0.878. The maximum Gasteiger partial charge on any atom is 0.226 e. The molecule has 2 heterocycles. The minimum atomic E-state index is 0.0184. The zero-order chi connectivity index (χ0) is 14.2. The molecule has 1 aliphatic heterocycles. The van der Waals surface area contributed by atoms with E-state index in [1.807, 2.05) is 6.07 Å². The zero-order valence-corrected chi connectivity index (χ0v) is 11.4. The molecule has 112 valence electrons. The summed E-state index contributed by atoms with van der Waals surface area (Å²) in [6.45, 7) is 3.82. The highest BCUT2D eigenvalue weighted by Gasteiger charge is 2.14. The van der Waals surface area contributed by atoms with Crippen LogP contribution in [0.25, 0.3) is 0 Å². The summed E-state index contributed by atoms with van der Waals surface area (Å²) < 4.78 is 5.33. The van der Waals surface area contributed by atoms with E-state index >= 15 is 0 Å². The molecule has 0 aromatic carbocycles. The molecule has 0 atom stereocenters. The van der Waals surface area contributed by atoms with E-state index < -0.39 is 0 Å². The molecule has 8 heteroatoms. The van der Waals surface area contributed by atoms with Gasteiger partial charge in [0.2, 0.25) is 5.95 Å². The second kappa shape index (κ2) is 7.83. The summed E-state index contributed by atoms with van der Waals surface area (Å²) in [4.78, 5) is 10.9. The fourth-order valence-corrected chi connectivity index (χ4v) is 1.91. The van der Waals surface area contributed by atoms with E-state index in [0.29, 0.717) is 38.1 Å². The standard InChI is InChI=1S/C12H21N5O3/c18-5-1-13-10-9-11(17-3-7-20-8-4-17)16-12(15-10)14-2-6-19/h9,18-19H,1-8H2,(H2,13,14,15,16). The van der Waals surface area contributed by atoms with Crippen LogP contribution in [0.4, 0.5) is 17.6 Å². The molecule has 20 heavy (non-hydrogen) atoms. The first-order valence-electron chi connectivity index (χ1n) is 6.74. The molecule has 0 bridgehead atoms. The topological polar surface area (TPSA) is 103 Å². The van der Waals surface area contributed by atoms with Crippen molar-refractivity contribution in [3.63, 3.8) is 0 Å². The molecule has 1 saturated heterocycles. The molecule has 8 nitrogen and oxygen atoms in total. The Morgan fingerprint density at radius 3 is 2.50 bits per heavy atom. The third-order valence-corrected chi connectivity index (χ3v) is 2.86. The first-order valence-corrected chi connectivity index (χ1v) is 6.74. The van der Waals surface area contributed by atoms with Gasteiger partial charge >= 0.3 is 0 Å². The van der Waals surface area contributed by atoms with E-state index in [4.69, 9.17) is 14.9 Å². The Balaban J connectivity index is 2.14. The van der Waals surface area contributed by atoms with Gasteiger partial charge in [-0.1, -0.05) is 0 Å². The second-order valence-electron chi connectivity index (χ2n) is 4.34. The molecule has 1 aromatic heterocycles. The zero-order valence-electron chi connectivity index (χ0n) is 11.4. The van der Waals surface area contributed by atoms with Gasteiger partial charge in [-0.05, 0) is 0 Å². The minimum absolute atomic E-state index is 0.0184. The fraction of sp³-hybridized carbons (Fsp3) is 0.667. The smallest absolute Gasteiger partial charge is 0.226 e. The number of hydrogen-bond acceptors (Lipinski definition) is 8. The van der Waals surface area contributed by atoms with E-state index in [1.165, 1.54) is 0 Å².